The fourth-order valence-corrected chi connectivity index (χ4v) is 6.35. The van der Waals surface area contributed by atoms with E-state index in [1.165, 1.54) is 19.3 Å². The Morgan fingerprint density at radius 1 is 0.328 bits per heavy atom. The zero-order valence-electron chi connectivity index (χ0n) is 41.0. The second-order valence-corrected chi connectivity index (χ2v) is 16.3. The van der Waals surface area contributed by atoms with Crippen LogP contribution in [0.1, 0.15) is 207 Å². The van der Waals surface area contributed by atoms with E-state index in [4.69, 9.17) is 14.2 Å². The van der Waals surface area contributed by atoms with Gasteiger partial charge in [-0.15, -0.1) is 0 Å². The number of allylic oxidation sites excluding steroid dienone is 20. The van der Waals surface area contributed by atoms with Crippen molar-refractivity contribution in [3.05, 3.63) is 122 Å². The molecule has 6 nitrogen and oxygen atoms in total. The summed E-state index contributed by atoms with van der Waals surface area (Å²) >= 11 is 0. The molecule has 360 valence electrons. The molecule has 1 unspecified atom stereocenters. The largest absolute Gasteiger partial charge is 0.462 e. The molecule has 0 N–H and O–H groups in total. The standard InChI is InChI=1S/C58H92O6/c1-4-7-10-13-16-19-22-24-25-26-27-28-29-30-31-32-33-35-36-39-42-45-48-51-57(60)63-54-55(53-62-56(59)50-47-44-41-38-21-18-15-12-9-6-3)64-58(61)52-49-46-43-40-37-34-23-20-17-14-11-8-5-2/h7,10-12,14-16,19-20,23-25,27-28,30-31,33,35,39,42,55H,4-6,8-9,13,17-18,21-22,26,29,32,34,36-38,40-41,43-54H2,1-3H3/b10-7-,14-11-,15-12-,19-16-,23-20-,25-24-,28-27-,31-30-,35-33-,42-39-. The Kier molecular flexibility index (Phi) is 48.1. The van der Waals surface area contributed by atoms with Crippen molar-refractivity contribution in [1.82, 2.24) is 0 Å². The van der Waals surface area contributed by atoms with Crippen LogP contribution in [-0.2, 0) is 28.6 Å². The molecule has 6 heteroatoms. The van der Waals surface area contributed by atoms with Gasteiger partial charge in [-0.25, -0.2) is 0 Å². The molecule has 0 aromatic heterocycles. The predicted molar refractivity (Wildman–Crippen MR) is 274 cm³/mol. The van der Waals surface area contributed by atoms with Crippen molar-refractivity contribution in [1.29, 1.82) is 0 Å². The SMILES string of the molecule is CC/C=C\C/C=C\C/C=C\C/C=C\C/C=C\C/C=C\C/C=C\CCCC(=O)OCC(COC(=O)CCCCCCC/C=C\CCC)OC(=O)CCCCCCC/C=C\C/C=C\CCC. The van der Waals surface area contributed by atoms with Crippen LogP contribution in [0.5, 0.6) is 0 Å². The van der Waals surface area contributed by atoms with E-state index >= 15 is 0 Å². The molecule has 0 saturated carbocycles. The molecule has 0 aliphatic heterocycles. The predicted octanol–water partition coefficient (Wildman–Crippen LogP) is 16.9. The monoisotopic (exact) mass is 885 g/mol. The van der Waals surface area contributed by atoms with E-state index in [1.54, 1.807) is 0 Å². The average molecular weight is 885 g/mol. The lowest BCUT2D eigenvalue weighted by atomic mass is 10.1. The highest BCUT2D eigenvalue weighted by Gasteiger charge is 2.19. The van der Waals surface area contributed by atoms with Crippen molar-refractivity contribution in [3.63, 3.8) is 0 Å². The summed E-state index contributed by atoms with van der Waals surface area (Å²) < 4.78 is 16.7. The Morgan fingerprint density at radius 3 is 1.05 bits per heavy atom. The summed E-state index contributed by atoms with van der Waals surface area (Å²) in [4.78, 5) is 37.9. The summed E-state index contributed by atoms with van der Waals surface area (Å²) in [7, 11) is 0. The number of rotatable bonds is 44. The molecule has 1 atom stereocenters. The lowest BCUT2D eigenvalue weighted by molar-refractivity contribution is -0.167. The zero-order chi connectivity index (χ0) is 46.5. The zero-order valence-corrected chi connectivity index (χ0v) is 41.0. The topological polar surface area (TPSA) is 78.9 Å². The Morgan fingerprint density at radius 2 is 0.625 bits per heavy atom. The van der Waals surface area contributed by atoms with Crippen LogP contribution in [0, 0.1) is 0 Å². The maximum atomic E-state index is 12.8. The lowest BCUT2D eigenvalue weighted by Gasteiger charge is -2.18. The van der Waals surface area contributed by atoms with Crippen LogP contribution in [-0.4, -0.2) is 37.2 Å². The second-order valence-electron chi connectivity index (χ2n) is 16.3. The van der Waals surface area contributed by atoms with Gasteiger partial charge in [0.05, 0.1) is 0 Å². The molecule has 0 heterocycles. The molecular formula is C58H92O6. The molecule has 0 rings (SSSR count). The highest BCUT2D eigenvalue weighted by atomic mass is 16.6. The van der Waals surface area contributed by atoms with Crippen LogP contribution in [0.4, 0.5) is 0 Å². The van der Waals surface area contributed by atoms with E-state index in [1.807, 2.05) is 0 Å². The third-order valence-electron chi connectivity index (χ3n) is 10.1. The van der Waals surface area contributed by atoms with Gasteiger partial charge in [0.2, 0.25) is 0 Å². The minimum absolute atomic E-state index is 0.110. The maximum Gasteiger partial charge on any atom is 0.306 e. The van der Waals surface area contributed by atoms with Gasteiger partial charge in [0.25, 0.3) is 0 Å². The van der Waals surface area contributed by atoms with Crippen LogP contribution >= 0.6 is 0 Å². The summed E-state index contributed by atoms with van der Waals surface area (Å²) in [6, 6.07) is 0. The molecular weight excluding hydrogens is 793 g/mol. The minimum atomic E-state index is -0.814. The fraction of sp³-hybridized carbons (Fsp3) is 0.603. The highest BCUT2D eigenvalue weighted by molar-refractivity contribution is 5.71. The van der Waals surface area contributed by atoms with Gasteiger partial charge in [0.15, 0.2) is 6.10 Å². The normalized spacial score (nSPS) is 13.1. The molecule has 0 aromatic carbocycles. The summed E-state index contributed by atoms with van der Waals surface area (Å²) in [5.41, 5.74) is 0. The summed E-state index contributed by atoms with van der Waals surface area (Å²) in [6.45, 7) is 6.30. The molecule has 0 aliphatic carbocycles. The molecule has 0 fully saturated rings. The minimum Gasteiger partial charge on any atom is -0.462 e. The number of hydrogen-bond acceptors (Lipinski definition) is 6. The number of carbonyl (C=O) groups is 3. The van der Waals surface area contributed by atoms with Gasteiger partial charge < -0.3 is 14.2 Å². The van der Waals surface area contributed by atoms with Gasteiger partial charge in [-0.2, -0.15) is 0 Å². The van der Waals surface area contributed by atoms with Gasteiger partial charge >= 0.3 is 17.9 Å². The first-order valence-electron chi connectivity index (χ1n) is 25.5. The molecule has 0 spiro atoms. The lowest BCUT2D eigenvalue weighted by Crippen LogP contribution is -2.30. The van der Waals surface area contributed by atoms with Crippen LogP contribution in [0.15, 0.2) is 122 Å². The van der Waals surface area contributed by atoms with Crippen molar-refractivity contribution >= 4 is 17.9 Å². The Balaban J connectivity index is 4.46. The van der Waals surface area contributed by atoms with Gasteiger partial charge in [0.1, 0.15) is 13.2 Å². The summed E-state index contributed by atoms with van der Waals surface area (Å²) in [5.74, 6) is -1.01. The first kappa shape index (κ1) is 59.8. The fourth-order valence-electron chi connectivity index (χ4n) is 6.35. The van der Waals surface area contributed by atoms with Gasteiger partial charge in [-0.1, -0.05) is 194 Å². The van der Waals surface area contributed by atoms with E-state index in [-0.39, 0.29) is 37.5 Å². The number of unbranched alkanes of at least 4 members (excludes halogenated alkanes) is 13. The van der Waals surface area contributed by atoms with Crippen molar-refractivity contribution in [2.45, 2.75) is 213 Å². The van der Waals surface area contributed by atoms with E-state index in [0.29, 0.717) is 19.3 Å². The van der Waals surface area contributed by atoms with E-state index in [9.17, 15) is 14.4 Å². The van der Waals surface area contributed by atoms with E-state index < -0.39 is 6.10 Å². The van der Waals surface area contributed by atoms with Crippen molar-refractivity contribution in [2.75, 3.05) is 13.2 Å². The molecule has 0 aliphatic rings. The average Bonchev–Trinajstić information content (AvgIpc) is 3.29. The van der Waals surface area contributed by atoms with Gasteiger partial charge in [-0.05, 0) is 116 Å². The first-order valence-corrected chi connectivity index (χ1v) is 25.5. The summed E-state index contributed by atoms with van der Waals surface area (Å²) in [6.07, 6.45) is 70.5. The number of carbonyl (C=O) groups excluding carboxylic acids is 3. The highest BCUT2D eigenvalue weighted by Crippen LogP contribution is 2.12. The van der Waals surface area contributed by atoms with Crippen molar-refractivity contribution in [3.8, 4) is 0 Å². The smallest absolute Gasteiger partial charge is 0.306 e. The number of hydrogen-bond donors (Lipinski definition) is 0. The van der Waals surface area contributed by atoms with E-state index in [0.717, 1.165) is 141 Å². The van der Waals surface area contributed by atoms with Crippen LogP contribution in [0.2, 0.25) is 0 Å². The van der Waals surface area contributed by atoms with Crippen LogP contribution < -0.4 is 0 Å². The Hall–Kier alpha value is -4.19. The number of esters is 3. The Labute approximate surface area is 392 Å². The molecule has 0 amide bonds. The molecule has 0 aromatic rings. The van der Waals surface area contributed by atoms with Crippen LogP contribution in [0.25, 0.3) is 0 Å². The third kappa shape index (κ3) is 48.8. The number of ether oxygens (including phenoxy) is 3. The van der Waals surface area contributed by atoms with Crippen molar-refractivity contribution < 1.29 is 28.6 Å². The molecule has 64 heavy (non-hydrogen) atoms. The van der Waals surface area contributed by atoms with Gasteiger partial charge in [-0.3, -0.25) is 14.4 Å². The van der Waals surface area contributed by atoms with E-state index in [2.05, 4.69) is 142 Å². The molecule has 0 radical (unpaired) electrons. The van der Waals surface area contributed by atoms with Crippen LogP contribution in [0.3, 0.4) is 0 Å². The Bertz CT molecular complexity index is 1390. The van der Waals surface area contributed by atoms with Gasteiger partial charge in [0, 0.05) is 19.3 Å². The third-order valence-corrected chi connectivity index (χ3v) is 10.1. The summed E-state index contributed by atoms with van der Waals surface area (Å²) in [5, 5.41) is 0. The second kappa shape index (κ2) is 51.4. The maximum absolute atomic E-state index is 12.8. The quantitative estimate of drug-likeness (QED) is 0.0262. The molecule has 0 bridgehead atoms. The van der Waals surface area contributed by atoms with Crippen molar-refractivity contribution in [2.24, 2.45) is 0 Å². The first-order chi connectivity index (χ1) is 31.5. The molecule has 0 saturated heterocycles.